The van der Waals surface area contributed by atoms with Crippen LogP contribution in [0.1, 0.15) is 32.8 Å². The Morgan fingerprint density at radius 2 is 1.87 bits per heavy atom. The number of esters is 1. The fourth-order valence-electron chi connectivity index (χ4n) is 3.31. The van der Waals surface area contributed by atoms with Crippen molar-refractivity contribution in [1.29, 1.82) is 0 Å². The van der Waals surface area contributed by atoms with Crippen LogP contribution in [-0.4, -0.2) is 51.0 Å². The molecular formula is C17H24NO5+. The number of nitrogens with zero attached hydrogens (tertiary/aromatic N) is 1. The number of aliphatic hydroxyl groups excluding tert-OH is 1. The van der Waals surface area contributed by atoms with Crippen molar-refractivity contribution in [2.24, 2.45) is 0 Å². The highest BCUT2D eigenvalue weighted by Crippen LogP contribution is 2.37. The lowest BCUT2D eigenvalue weighted by Crippen LogP contribution is -2.68. The van der Waals surface area contributed by atoms with Crippen molar-refractivity contribution in [1.82, 2.24) is 0 Å². The van der Waals surface area contributed by atoms with Crippen molar-refractivity contribution in [3.8, 4) is 0 Å². The Kier molecular flexibility index (Phi) is 4.77. The number of carbonyl (C=O) groups is 2. The summed E-state index contributed by atoms with van der Waals surface area (Å²) in [5.74, 6) is -0.581. The molecule has 1 aliphatic heterocycles. The van der Waals surface area contributed by atoms with E-state index in [9.17, 15) is 19.8 Å². The summed E-state index contributed by atoms with van der Waals surface area (Å²) in [6.07, 6.45) is -1.85. The van der Waals surface area contributed by atoms with Crippen LogP contribution in [0.4, 0.5) is 4.79 Å². The number of ether oxygens (including phenoxy) is 1. The molecule has 1 heterocycles. The number of quaternary nitrogens is 1. The Balaban J connectivity index is 2.21. The van der Waals surface area contributed by atoms with Gasteiger partial charge in [-0.2, -0.15) is 4.79 Å². The zero-order valence-electron chi connectivity index (χ0n) is 13.7. The van der Waals surface area contributed by atoms with E-state index in [0.29, 0.717) is 0 Å². The molecule has 0 radical (unpaired) electrons. The van der Waals surface area contributed by atoms with E-state index in [4.69, 9.17) is 4.74 Å². The van der Waals surface area contributed by atoms with Gasteiger partial charge in [-0.15, -0.1) is 0 Å². The van der Waals surface area contributed by atoms with E-state index in [-0.39, 0.29) is 19.6 Å². The quantitative estimate of drug-likeness (QED) is 0.658. The number of carbonyl (C=O) groups excluding carboxylic acids is 1. The second-order valence-electron chi connectivity index (χ2n) is 7.00. The van der Waals surface area contributed by atoms with Gasteiger partial charge >= 0.3 is 12.1 Å². The van der Waals surface area contributed by atoms with Gasteiger partial charge in [-0.1, -0.05) is 30.3 Å². The van der Waals surface area contributed by atoms with Crippen molar-refractivity contribution < 1.29 is 29.0 Å². The van der Waals surface area contributed by atoms with Crippen LogP contribution >= 0.6 is 0 Å². The third kappa shape index (κ3) is 3.23. The smallest absolute Gasteiger partial charge is 0.456 e. The summed E-state index contributed by atoms with van der Waals surface area (Å²) >= 11 is 0. The van der Waals surface area contributed by atoms with Gasteiger partial charge in [0.15, 0.2) is 0 Å². The van der Waals surface area contributed by atoms with Crippen LogP contribution in [-0.2, 0) is 16.1 Å². The molecular weight excluding hydrogens is 298 g/mol. The minimum Gasteiger partial charge on any atom is -0.456 e. The average molecular weight is 322 g/mol. The molecule has 126 valence electrons. The van der Waals surface area contributed by atoms with E-state index in [1.54, 1.807) is 20.8 Å². The van der Waals surface area contributed by atoms with E-state index >= 15 is 0 Å². The normalized spacial score (nSPS) is 27.7. The average Bonchev–Trinajstić information content (AvgIpc) is 2.84. The SMILES string of the molecule is CC(C)(C)[N+]1(C(=O)O)C[C@H](O)C[C@H]1C(=O)OCc1ccccc1. The number of rotatable bonds is 3. The first kappa shape index (κ1) is 17.4. The highest BCUT2D eigenvalue weighted by molar-refractivity contribution is 5.77. The van der Waals surface area contributed by atoms with Crippen molar-refractivity contribution in [2.45, 2.75) is 51.5 Å². The van der Waals surface area contributed by atoms with Gasteiger partial charge in [0.05, 0.1) is 0 Å². The van der Waals surface area contributed by atoms with Crippen LogP contribution in [0.5, 0.6) is 0 Å². The Morgan fingerprint density at radius 1 is 1.26 bits per heavy atom. The number of likely N-dealkylation sites (tertiary alicyclic amines) is 1. The molecule has 0 aromatic heterocycles. The molecule has 1 amide bonds. The number of hydrogen-bond donors (Lipinski definition) is 2. The lowest BCUT2D eigenvalue weighted by molar-refractivity contribution is -0.908. The second-order valence-corrected chi connectivity index (χ2v) is 7.00. The minimum absolute atomic E-state index is 0.00391. The zero-order valence-corrected chi connectivity index (χ0v) is 13.7. The Morgan fingerprint density at radius 3 is 2.39 bits per heavy atom. The maximum absolute atomic E-state index is 12.5. The summed E-state index contributed by atoms with van der Waals surface area (Å²) in [5.41, 5.74) is 0.100. The molecule has 1 aliphatic rings. The predicted octanol–water partition coefficient (Wildman–Crippen LogP) is 2.16. The van der Waals surface area contributed by atoms with Gasteiger partial charge in [-0.25, -0.2) is 9.28 Å². The Labute approximate surface area is 135 Å². The van der Waals surface area contributed by atoms with Gasteiger partial charge in [0.1, 0.15) is 24.8 Å². The van der Waals surface area contributed by atoms with Crippen LogP contribution in [0.25, 0.3) is 0 Å². The molecule has 1 aromatic rings. The lowest BCUT2D eigenvalue weighted by atomic mass is 10.00. The maximum atomic E-state index is 12.5. The van der Waals surface area contributed by atoms with E-state index < -0.39 is 34.2 Å². The molecule has 2 N–H and O–H groups in total. The molecule has 1 fully saturated rings. The van der Waals surface area contributed by atoms with Crippen LogP contribution < -0.4 is 0 Å². The third-order valence-corrected chi connectivity index (χ3v) is 4.56. The molecule has 2 rings (SSSR count). The summed E-state index contributed by atoms with van der Waals surface area (Å²) in [5, 5.41) is 19.8. The van der Waals surface area contributed by atoms with E-state index in [2.05, 4.69) is 0 Å². The number of aliphatic hydroxyl groups is 1. The second kappa shape index (κ2) is 6.29. The van der Waals surface area contributed by atoms with E-state index in [0.717, 1.165) is 5.56 Å². The molecule has 1 unspecified atom stereocenters. The standard InChI is InChI=1S/C17H23NO5/c1-17(2,3)18(16(21)22)10-13(19)9-14(18)15(20)23-11-12-7-5-4-6-8-12/h4-8,13-14,19H,9-11H2,1-3H3/p+1/t13-,14+,18?/m1/s1. The first-order valence-electron chi connectivity index (χ1n) is 7.68. The highest BCUT2D eigenvalue weighted by Gasteiger charge is 2.62. The first-order chi connectivity index (χ1) is 10.7. The van der Waals surface area contributed by atoms with Crippen LogP contribution in [0.3, 0.4) is 0 Å². The number of amides is 1. The molecule has 1 aromatic carbocycles. The fourth-order valence-corrected chi connectivity index (χ4v) is 3.31. The van der Waals surface area contributed by atoms with Gasteiger partial charge in [0.25, 0.3) is 0 Å². The van der Waals surface area contributed by atoms with Gasteiger partial charge in [-0.05, 0) is 26.3 Å². The van der Waals surface area contributed by atoms with Gasteiger partial charge in [0, 0.05) is 6.42 Å². The van der Waals surface area contributed by atoms with Crippen molar-refractivity contribution in [3.63, 3.8) is 0 Å². The summed E-state index contributed by atoms with van der Waals surface area (Å²) in [7, 11) is 0. The van der Waals surface area contributed by atoms with Gasteiger partial charge < -0.3 is 14.9 Å². The molecule has 0 bridgehead atoms. The molecule has 1 saturated heterocycles. The monoisotopic (exact) mass is 322 g/mol. The highest BCUT2D eigenvalue weighted by atomic mass is 16.5. The maximum Gasteiger partial charge on any atom is 0.514 e. The van der Waals surface area contributed by atoms with E-state index in [1.165, 1.54) is 0 Å². The lowest BCUT2D eigenvalue weighted by Gasteiger charge is -2.43. The zero-order chi connectivity index (χ0) is 17.3. The Hall–Kier alpha value is -1.92. The van der Waals surface area contributed by atoms with Crippen molar-refractivity contribution in [2.75, 3.05) is 6.54 Å². The summed E-state index contributed by atoms with van der Waals surface area (Å²) in [6.45, 7) is 5.38. The summed E-state index contributed by atoms with van der Waals surface area (Å²) < 4.78 is 4.82. The first-order valence-corrected chi connectivity index (χ1v) is 7.68. The Bertz CT molecular complexity index is 580. The molecule has 0 spiro atoms. The number of benzene rings is 1. The molecule has 6 nitrogen and oxygen atoms in total. The van der Waals surface area contributed by atoms with Crippen LogP contribution in [0, 0.1) is 0 Å². The fraction of sp³-hybridized carbons (Fsp3) is 0.529. The molecule has 6 heteroatoms. The minimum atomic E-state index is -1.12. The molecule has 23 heavy (non-hydrogen) atoms. The third-order valence-electron chi connectivity index (χ3n) is 4.56. The summed E-state index contributed by atoms with van der Waals surface area (Å²) in [4.78, 5) is 24.5. The number of hydrogen-bond acceptors (Lipinski definition) is 4. The molecule has 0 saturated carbocycles. The van der Waals surface area contributed by atoms with Gasteiger partial charge in [0.2, 0.25) is 6.04 Å². The topological polar surface area (TPSA) is 83.8 Å². The predicted molar refractivity (Wildman–Crippen MR) is 83.6 cm³/mol. The van der Waals surface area contributed by atoms with Crippen LogP contribution in [0.2, 0.25) is 0 Å². The largest absolute Gasteiger partial charge is 0.514 e. The van der Waals surface area contributed by atoms with Crippen LogP contribution in [0.15, 0.2) is 30.3 Å². The van der Waals surface area contributed by atoms with Gasteiger partial charge in [-0.3, -0.25) is 0 Å². The van der Waals surface area contributed by atoms with E-state index in [1.807, 2.05) is 30.3 Å². The summed E-state index contributed by atoms with van der Waals surface area (Å²) in [6, 6.07) is 8.31. The number of carboxylic acid groups (broad SMARTS) is 1. The molecule has 0 aliphatic carbocycles. The van der Waals surface area contributed by atoms with Crippen molar-refractivity contribution in [3.05, 3.63) is 35.9 Å². The van der Waals surface area contributed by atoms with Crippen molar-refractivity contribution >= 4 is 12.1 Å². The molecule has 3 atom stereocenters.